The summed E-state index contributed by atoms with van der Waals surface area (Å²) >= 11 is 7.35. The predicted octanol–water partition coefficient (Wildman–Crippen LogP) is 3.94. The molecule has 0 N–H and O–H groups in total. The van der Waals surface area contributed by atoms with E-state index in [1.165, 1.54) is 5.56 Å². The molecule has 0 saturated carbocycles. The largest absolute Gasteiger partial charge is 0.253 e. The lowest BCUT2D eigenvalue weighted by molar-refractivity contribution is 0.899. The average molecular weight is 267 g/mol. The highest BCUT2D eigenvalue weighted by atomic mass is 35.5. The maximum absolute atomic E-state index is 5.69. The van der Waals surface area contributed by atoms with Crippen molar-refractivity contribution < 1.29 is 0 Å². The summed E-state index contributed by atoms with van der Waals surface area (Å²) in [5.41, 5.74) is 3.40. The van der Waals surface area contributed by atoms with E-state index >= 15 is 0 Å². The number of alkyl halides is 1. The van der Waals surface area contributed by atoms with Gasteiger partial charge in [0.1, 0.15) is 10.7 Å². The SMILES string of the molecule is CCc1cccnc1-c1nc(CCCCl)cs1. The summed E-state index contributed by atoms with van der Waals surface area (Å²) in [5.74, 6) is 0.691. The average Bonchev–Trinajstić information content (AvgIpc) is 2.85. The van der Waals surface area contributed by atoms with Gasteiger partial charge in [-0.15, -0.1) is 22.9 Å². The van der Waals surface area contributed by atoms with Crippen LogP contribution >= 0.6 is 22.9 Å². The Morgan fingerprint density at radius 1 is 1.41 bits per heavy atom. The second kappa shape index (κ2) is 6.12. The molecule has 90 valence electrons. The summed E-state index contributed by atoms with van der Waals surface area (Å²) < 4.78 is 0. The van der Waals surface area contributed by atoms with Crippen LogP contribution in [0.4, 0.5) is 0 Å². The molecule has 0 fully saturated rings. The van der Waals surface area contributed by atoms with Crippen molar-refractivity contribution in [2.75, 3.05) is 5.88 Å². The second-order valence-corrected chi connectivity index (χ2v) is 5.04. The van der Waals surface area contributed by atoms with Gasteiger partial charge >= 0.3 is 0 Å². The van der Waals surface area contributed by atoms with Gasteiger partial charge in [0.25, 0.3) is 0 Å². The lowest BCUT2D eigenvalue weighted by Crippen LogP contribution is -1.91. The highest BCUT2D eigenvalue weighted by Crippen LogP contribution is 2.25. The Kier molecular flexibility index (Phi) is 4.51. The first kappa shape index (κ1) is 12.5. The van der Waals surface area contributed by atoms with E-state index in [1.807, 2.05) is 12.3 Å². The van der Waals surface area contributed by atoms with E-state index in [2.05, 4.69) is 28.3 Å². The Hall–Kier alpha value is -0.930. The molecular weight excluding hydrogens is 252 g/mol. The summed E-state index contributed by atoms with van der Waals surface area (Å²) in [4.78, 5) is 9.06. The number of nitrogens with zero attached hydrogens (tertiary/aromatic N) is 2. The van der Waals surface area contributed by atoms with E-state index in [1.54, 1.807) is 11.3 Å². The molecule has 2 nitrogen and oxygen atoms in total. The topological polar surface area (TPSA) is 25.8 Å². The Morgan fingerprint density at radius 3 is 3.06 bits per heavy atom. The van der Waals surface area contributed by atoms with Crippen molar-refractivity contribution in [3.63, 3.8) is 0 Å². The van der Waals surface area contributed by atoms with E-state index in [-0.39, 0.29) is 0 Å². The van der Waals surface area contributed by atoms with Gasteiger partial charge in [-0.1, -0.05) is 13.0 Å². The maximum Gasteiger partial charge on any atom is 0.142 e. The lowest BCUT2D eigenvalue weighted by Gasteiger charge is -2.02. The zero-order valence-corrected chi connectivity index (χ0v) is 11.4. The minimum atomic E-state index is 0.691. The standard InChI is InChI=1S/C13H15ClN2S/c1-2-10-5-4-8-15-12(10)13-16-11(9-17-13)6-3-7-14/h4-5,8-9H,2-3,6-7H2,1H3. The first-order valence-corrected chi connectivity index (χ1v) is 7.21. The first-order valence-electron chi connectivity index (χ1n) is 5.79. The summed E-state index contributed by atoms with van der Waals surface area (Å²) in [6.45, 7) is 2.14. The molecule has 2 aromatic rings. The fourth-order valence-corrected chi connectivity index (χ4v) is 2.71. The minimum Gasteiger partial charge on any atom is -0.253 e. The van der Waals surface area contributed by atoms with E-state index in [4.69, 9.17) is 11.6 Å². The molecule has 0 atom stereocenters. The summed E-state index contributed by atoms with van der Waals surface area (Å²) in [5, 5.41) is 3.13. The number of hydrogen-bond donors (Lipinski definition) is 0. The molecular formula is C13H15ClN2S. The molecule has 0 aromatic carbocycles. The van der Waals surface area contributed by atoms with E-state index in [0.717, 1.165) is 35.7 Å². The van der Waals surface area contributed by atoms with Crippen LogP contribution in [0.5, 0.6) is 0 Å². The number of hydrogen-bond acceptors (Lipinski definition) is 3. The van der Waals surface area contributed by atoms with Crippen molar-refractivity contribution >= 4 is 22.9 Å². The van der Waals surface area contributed by atoms with Crippen LogP contribution in [0, 0.1) is 0 Å². The van der Waals surface area contributed by atoms with Crippen molar-refractivity contribution in [2.24, 2.45) is 0 Å². The van der Waals surface area contributed by atoms with Gasteiger partial charge in [-0.2, -0.15) is 0 Å². The van der Waals surface area contributed by atoms with Crippen LogP contribution in [0.25, 0.3) is 10.7 Å². The monoisotopic (exact) mass is 266 g/mol. The third-order valence-corrected chi connectivity index (χ3v) is 3.76. The number of rotatable bonds is 5. The van der Waals surface area contributed by atoms with Crippen LogP contribution < -0.4 is 0 Å². The van der Waals surface area contributed by atoms with Crippen LogP contribution in [0.15, 0.2) is 23.7 Å². The van der Waals surface area contributed by atoms with E-state index < -0.39 is 0 Å². The molecule has 0 aliphatic carbocycles. The molecule has 0 aliphatic rings. The van der Waals surface area contributed by atoms with Crippen LogP contribution in [-0.4, -0.2) is 15.8 Å². The van der Waals surface area contributed by atoms with E-state index in [9.17, 15) is 0 Å². The third kappa shape index (κ3) is 3.05. The Balaban J connectivity index is 2.24. The fraction of sp³-hybridized carbons (Fsp3) is 0.385. The Bertz CT molecular complexity index is 482. The zero-order valence-electron chi connectivity index (χ0n) is 9.82. The molecule has 17 heavy (non-hydrogen) atoms. The van der Waals surface area contributed by atoms with Gasteiger partial charge < -0.3 is 0 Å². The molecule has 0 spiro atoms. The molecule has 0 saturated heterocycles. The van der Waals surface area contributed by atoms with E-state index in [0.29, 0.717) is 5.88 Å². The van der Waals surface area contributed by atoms with Crippen molar-refractivity contribution in [3.05, 3.63) is 35.0 Å². The number of halogens is 1. The van der Waals surface area contributed by atoms with Gasteiger partial charge in [0, 0.05) is 17.5 Å². The van der Waals surface area contributed by atoms with Crippen LogP contribution in [-0.2, 0) is 12.8 Å². The predicted molar refractivity (Wildman–Crippen MR) is 73.8 cm³/mol. The quantitative estimate of drug-likeness (QED) is 0.766. The van der Waals surface area contributed by atoms with Gasteiger partial charge in [-0.3, -0.25) is 4.98 Å². The molecule has 2 rings (SSSR count). The molecule has 4 heteroatoms. The summed E-state index contributed by atoms with van der Waals surface area (Å²) in [6, 6.07) is 4.09. The fourth-order valence-electron chi connectivity index (χ4n) is 1.69. The number of pyridine rings is 1. The van der Waals surface area contributed by atoms with Crippen molar-refractivity contribution in [2.45, 2.75) is 26.2 Å². The highest BCUT2D eigenvalue weighted by Gasteiger charge is 2.09. The maximum atomic E-state index is 5.69. The smallest absolute Gasteiger partial charge is 0.142 e. The Morgan fingerprint density at radius 2 is 2.29 bits per heavy atom. The van der Waals surface area contributed by atoms with Gasteiger partial charge in [-0.25, -0.2) is 4.98 Å². The minimum absolute atomic E-state index is 0.691. The van der Waals surface area contributed by atoms with Crippen molar-refractivity contribution in [3.8, 4) is 10.7 Å². The second-order valence-electron chi connectivity index (χ2n) is 3.80. The van der Waals surface area contributed by atoms with Crippen LogP contribution in [0.2, 0.25) is 0 Å². The van der Waals surface area contributed by atoms with Gasteiger partial charge in [-0.05, 0) is 30.9 Å². The van der Waals surface area contributed by atoms with Crippen molar-refractivity contribution in [1.82, 2.24) is 9.97 Å². The lowest BCUT2D eigenvalue weighted by atomic mass is 10.1. The third-order valence-electron chi connectivity index (χ3n) is 2.59. The van der Waals surface area contributed by atoms with Gasteiger partial charge in [0.05, 0.1) is 5.69 Å². The molecule has 2 heterocycles. The number of thiazole rings is 1. The molecule has 2 aromatic heterocycles. The number of aryl methyl sites for hydroxylation is 2. The zero-order chi connectivity index (χ0) is 12.1. The van der Waals surface area contributed by atoms with Crippen molar-refractivity contribution in [1.29, 1.82) is 0 Å². The summed E-state index contributed by atoms with van der Waals surface area (Å²) in [7, 11) is 0. The first-order chi connectivity index (χ1) is 8.35. The highest BCUT2D eigenvalue weighted by molar-refractivity contribution is 7.13. The van der Waals surface area contributed by atoms with Gasteiger partial charge in [0.15, 0.2) is 0 Å². The molecule has 0 radical (unpaired) electrons. The van der Waals surface area contributed by atoms with Crippen LogP contribution in [0.3, 0.4) is 0 Å². The number of aromatic nitrogens is 2. The molecule has 0 aliphatic heterocycles. The normalized spacial score (nSPS) is 10.7. The van der Waals surface area contributed by atoms with Gasteiger partial charge in [0.2, 0.25) is 0 Å². The van der Waals surface area contributed by atoms with Crippen LogP contribution in [0.1, 0.15) is 24.6 Å². The molecule has 0 amide bonds. The molecule has 0 unspecified atom stereocenters. The summed E-state index contributed by atoms with van der Waals surface area (Å²) in [6.07, 6.45) is 4.75. The Labute approximate surface area is 111 Å². The molecule has 0 bridgehead atoms.